The quantitative estimate of drug-likeness (QED) is 0.850. The Morgan fingerprint density at radius 3 is 2.71 bits per heavy atom. The summed E-state index contributed by atoms with van der Waals surface area (Å²) in [5, 5.41) is 7.73. The molecule has 0 amide bonds. The number of hydrogen-bond donors (Lipinski definition) is 1. The van der Waals surface area contributed by atoms with Crippen LogP contribution in [0, 0.1) is 0 Å². The zero-order chi connectivity index (χ0) is 15.2. The fourth-order valence-corrected chi connectivity index (χ4v) is 2.51. The highest BCUT2D eigenvalue weighted by Gasteiger charge is 2.20. The standard InChI is InChI=1S/C16H23N3O2/c1-5-19-16(15(21-4)11-18-19)14(17-2)10-12-7-6-8-13(9-12)20-3/h6-9,11,14,17H,5,10H2,1-4H3. The van der Waals surface area contributed by atoms with Crippen LogP contribution in [0.25, 0.3) is 0 Å². The first-order chi connectivity index (χ1) is 10.2. The van der Waals surface area contributed by atoms with Gasteiger partial charge in [0.2, 0.25) is 0 Å². The molecule has 0 spiro atoms. The number of likely N-dealkylation sites (N-methyl/N-ethyl adjacent to an activating group) is 1. The predicted octanol–water partition coefficient (Wildman–Crippen LogP) is 2.42. The summed E-state index contributed by atoms with van der Waals surface area (Å²) in [5.74, 6) is 1.69. The second-order valence-electron chi connectivity index (χ2n) is 4.81. The minimum atomic E-state index is 0.134. The maximum atomic E-state index is 5.45. The van der Waals surface area contributed by atoms with Crippen molar-refractivity contribution in [2.75, 3.05) is 21.3 Å². The molecule has 0 saturated heterocycles. The van der Waals surface area contributed by atoms with Crippen LogP contribution in [0.2, 0.25) is 0 Å². The SMILES string of the molecule is CCn1ncc(OC)c1C(Cc1cccc(OC)c1)NC. The molecule has 2 aromatic rings. The highest BCUT2D eigenvalue weighted by molar-refractivity contribution is 5.33. The van der Waals surface area contributed by atoms with Crippen molar-refractivity contribution >= 4 is 0 Å². The molecule has 1 aromatic carbocycles. The van der Waals surface area contributed by atoms with Crippen molar-refractivity contribution in [3.8, 4) is 11.5 Å². The van der Waals surface area contributed by atoms with Crippen LogP contribution in [0.3, 0.4) is 0 Å². The van der Waals surface area contributed by atoms with Crippen molar-refractivity contribution in [1.29, 1.82) is 0 Å². The van der Waals surface area contributed by atoms with Gasteiger partial charge in [-0.05, 0) is 38.1 Å². The number of benzene rings is 1. The molecule has 114 valence electrons. The van der Waals surface area contributed by atoms with Crippen molar-refractivity contribution in [2.24, 2.45) is 0 Å². The summed E-state index contributed by atoms with van der Waals surface area (Å²) in [7, 11) is 5.32. The van der Waals surface area contributed by atoms with Gasteiger partial charge in [-0.3, -0.25) is 4.68 Å². The van der Waals surface area contributed by atoms with Crippen molar-refractivity contribution in [2.45, 2.75) is 25.9 Å². The first kappa shape index (κ1) is 15.4. The summed E-state index contributed by atoms with van der Waals surface area (Å²) in [6.07, 6.45) is 2.62. The van der Waals surface area contributed by atoms with Crippen LogP contribution in [0.5, 0.6) is 11.5 Å². The van der Waals surface area contributed by atoms with E-state index in [2.05, 4.69) is 29.5 Å². The van der Waals surface area contributed by atoms with E-state index in [-0.39, 0.29) is 6.04 Å². The molecule has 0 saturated carbocycles. The van der Waals surface area contributed by atoms with E-state index in [4.69, 9.17) is 9.47 Å². The molecule has 1 atom stereocenters. The van der Waals surface area contributed by atoms with Gasteiger partial charge in [0.15, 0.2) is 5.75 Å². The smallest absolute Gasteiger partial charge is 0.161 e. The first-order valence-corrected chi connectivity index (χ1v) is 7.13. The zero-order valence-electron chi connectivity index (χ0n) is 13.1. The number of rotatable bonds is 7. The van der Waals surface area contributed by atoms with Gasteiger partial charge in [0.05, 0.1) is 32.2 Å². The van der Waals surface area contributed by atoms with Crippen molar-refractivity contribution in [3.05, 3.63) is 41.7 Å². The van der Waals surface area contributed by atoms with E-state index < -0.39 is 0 Å². The molecule has 1 aromatic heterocycles. The summed E-state index contributed by atoms with van der Waals surface area (Å²) in [4.78, 5) is 0. The molecule has 0 fully saturated rings. The van der Waals surface area contributed by atoms with Crippen LogP contribution in [-0.4, -0.2) is 31.0 Å². The van der Waals surface area contributed by atoms with Crippen LogP contribution in [0.1, 0.15) is 24.2 Å². The van der Waals surface area contributed by atoms with Crippen LogP contribution in [-0.2, 0) is 13.0 Å². The van der Waals surface area contributed by atoms with Gasteiger partial charge < -0.3 is 14.8 Å². The van der Waals surface area contributed by atoms with E-state index in [1.807, 2.05) is 23.9 Å². The van der Waals surface area contributed by atoms with Crippen LogP contribution >= 0.6 is 0 Å². The number of aryl methyl sites for hydroxylation is 1. The van der Waals surface area contributed by atoms with Gasteiger partial charge in [0.1, 0.15) is 5.75 Å². The summed E-state index contributed by atoms with van der Waals surface area (Å²) < 4.78 is 12.7. The predicted molar refractivity (Wildman–Crippen MR) is 83.0 cm³/mol. The average molecular weight is 289 g/mol. The lowest BCUT2D eigenvalue weighted by atomic mass is 10.0. The highest BCUT2D eigenvalue weighted by atomic mass is 16.5. The Morgan fingerprint density at radius 1 is 1.29 bits per heavy atom. The molecule has 1 N–H and O–H groups in total. The molecule has 0 bridgehead atoms. The second-order valence-corrected chi connectivity index (χ2v) is 4.81. The Balaban J connectivity index is 2.29. The molecule has 1 unspecified atom stereocenters. The van der Waals surface area contributed by atoms with Gasteiger partial charge in [0.25, 0.3) is 0 Å². The van der Waals surface area contributed by atoms with E-state index in [9.17, 15) is 0 Å². The van der Waals surface area contributed by atoms with E-state index >= 15 is 0 Å². The number of nitrogens with one attached hydrogen (secondary N) is 1. The van der Waals surface area contributed by atoms with Crippen molar-refractivity contribution < 1.29 is 9.47 Å². The number of methoxy groups -OCH3 is 2. The largest absolute Gasteiger partial charge is 0.497 e. The molecule has 2 rings (SSSR count). The van der Waals surface area contributed by atoms with E-state index in [0.717, 1.165) is 30.2 Å². The van der Waals surface area contributed by atoms with E-state index in [0.29, 0.717) is 0 Å². The monoisotopic (exact) mass is 289 g/mol. The second kappa shape index (κ2) is 7.13. The summed E-state index contributed by atoms with van der Waals surface area (Å²) in [5.41, 5.74) is 2.28. The Bertz CT molecular complexity index is 559. The van der Waals surface area contributed by atoms with Crippen molar-refractivity contribution in [1.82, 2.24) is 15.1 Å². The maximum absolute atomic E-state index is 5.45. The third kappa shape index (κ3) is 3.36. The Kier molecular flexibility index (Phi) is 5.22. The third-order valence-electron chi connectivity index (χ3n) is 3.62. The number of nitrogens with zero attached hydrogens (tertiary/aromatic N) is 2. The molecule has 5 nitrogen and oxygen atoms in total. The molecule has 1 heterocycles. The average Bonchev–Trinajstić information content (AvgIpc) is 2.95. The molecule has 5 heteroatoms. The number of ether oxygens (including phenoxy) is 2. The molecule has 0 aliphatic rings. The minimum Gasteiger partial charge on any atom is -0.497 e. The lowest BCUT2D eigenvalue weighted by molar-refractivity contribution is 0.394. The zero-order valence-corrected chi connectivity index (χ0v) is 13.1. The lowest BCUT2D eigenvalue weighted by Gasteiger charge is -2.19. The minimum absolute atomic E-state index is 0.134. The van der Waals surface area contributed by atoms with E-state index in [1.165, 1.54) is 5.56 Å². The fraction of sp³-hybridized carbons (Fsp3) is 0.438. The Morgan fingerprint density at radius 2 is 2.10 bits per heavy atom. The third-order valence-corrected chi connectivity index (χ3v) is 3.62. The maximum Gasteiger partial charge on any atom is 0.161 e. The van der Waals surface area contributed by atoms with Gasteiger partial charge >= 0.3 is 0 Å². The molecular weight excluding hydrogens is 266 g/mol. The lowest BCUT2D eigenvalue weighted by Crippen LogP contribution is -2.23. The van der Waals surface area contributed by atoms with Crippen LogP contribution in [0.4, 0.5) is 0 Å². The van der Waals surface area contributed by atoms with Gasteiger partial charge in [-0.25, -0.2) is 0 Å². The first-order valence-electron chi connectivity index (χ1n) is 7.13. The summed E-state index contributed by atoms with van der Waals surface area (Å²) >= 11 is 0. The van der Waals surface area contributed by atoms with Gasteiger partial charge in [-0.15, -0.1) is 0 Å². The van der Waals surface area contributed by atoms with Crippen LogP contribution in [0.15, 0.2) is 30.5 Å². The fourth-order valence-electron chi connectivity index (χ4n) is 2.51. The Hall–Kier alpha value is -2.01. The molecule has 0 aliphatic carbocycles. The summed E-state index contributed by atoms with van der Waals surface area (Å²) in [6.45, 7) is 2.89. The normalized spacial score (nSPS) is 12.2. The highest BCUT2D eigenvalue weighted by Crippen LogP contribution is 2.28. The van der Waals surface area contributed by atoms with Crippen molar-refractivity contribution in [3.63, 3.8) is 0 Å². The molecular formula is C16H23N3O2. The Labute approximate surface area is 125 Å². The van der Waals surface area contributed by atoms with Gasteiger partial charge in [-0.2, -0.15) is 5.10 Å². The number of hydrogen-bond acceptors (Lipinski definition) is 4. The molecule has 0 radical (unpaired) electrons. The summed E-state index contributed by atoms with van der Waals surface area (Å²) in [6, 6.07) is 8.26. The van der Waals surface area contributed by atoms with E-state index in [1.54, 1.807) is 20.4 Å². The van der Waals surface area contributed by atoms with Gasteiger partial charge in [0, 0.05) is 6.54 Å². The molecule has 21 heavy (non-hydrogen) atoms. The van der Waals surface area contributed by atoms with Crippen LogP contribution < -0.4 is 14.8 Å². The topological polar surface area (TPSA) is 48.3 Å². The van der Waals surface area contributed by atoms with Gasteiger partial charge in [-0.1, -0.05) is 12.1 Å². The molecule has 0 aliphatic heterocycles. The number of aromatic nitrogens is 2.